The smallest absolute Gasteiger partial charge is 0.238 e. The van der Waals surface area contributed by atoms with E-state index in [1.807, 2.05) is 50.2 Å². The molecule has 0 unspecified atom stereocenters. The topological polar surface area (TPSA) is 35.6 Å². The van der Waals surface area contributed by atoms with Gasteiger partial charge >= 0.3 is 0 Å². The second-order valence-electron chi connectivity index (χ2n) is 6.89. The molecule has 136 valence electrons. The number of aryl methyl sites for hydroxylation is 2. The van der Waals surface area contributed by atoms with Crippen LogP contribution in [0.4, 0.5) is 5.69 Å². The summed E-state index contributed by atoms with van der Waals surface area (Å²) in [4.78, 5) is 16.9. The summed E-state index contributed by atoms with van der Waals surface area (Å²) in [5.41, 5.74) is 5.36. The number of anilines is 1. The van der Waals surface area contributed by atoms with Gasteiger partial charge in [-0.25, -0.2) is 0 Å². The minimum absolute atomic E-state index is 0.0535. The molecule has 1 heterocycles. The number of hydrogen-bond donors (Lipinski definition) is 1. The summed E-state index contributed by atoms with van der Waals surface area (Å²) in [6, 6.07) is 16.3. The number of nitrogens with zero attached hydrogens (tertiary/aromatic N) is 2. The molecule has 1 fully saturated rings. The molecule has 0 aliphatic carbocycles. The number of nitrogens with one attached hydrogen (secondary N) is 1. The molecule has 1 aliphatic rings. The fourth-order valence-corrected chi connectivity index (χ4v) is 3.38. The molecule has 1 N–H and O–H groups in total. The van der Waals surface area contributed by atoms with Crippen LogP contribution in [0.1, 0.15) is 16.7 Å². The fraction of sp³-hybridized carbons (Fsp3) is 0.318. The van der Waals surface area contributed by atoms with Crippen LogP contribution in [0.25, 0.3) is 5.70 Å². The van der Waals surface area contributed by atoms with Gasteiger partial charge in [-0.3, -0.25) is 9.69 Å². The van der Waals surface area contributed by atoms with Crippen molar-refractivity contribution in [1.82, 2.24) is 9.80 Å². The van der Waals surface area contributed by atoms with Crippen molar-refractivity contribution < 1.29 is 4.79 Å². The first kappa shape index (κ1) is 18.2. The lowest BCUT2D eigenvalue weighted by Crippen LogP contribution is -2.47. The highest BCUT2D eigenvalue weighted by Crippen LogP contribution is 2.20. The van der Waals surface area contributed by atoms with E-state index in [4.69, 9.17) is 0 Å². The highest BCUT2D eigenvalue weighted by molar-refractivity contribution is 5.93. The standard InChI is InChI=1S/C22H27N3O/c1-17-8-7-9-18(2)22(17)23-21(26)16-24-12-14-25(15-13-24)19(3)20-10-5-4-6-11-20/h4-11H,3,12-16H2,1-2H3,(H,23,26). The zero-order chi connectivity index (χ0) is 18.5. The minimum Gasteiger partial charge on any atom is -0.369 e. The van der Waals surface area contributed by atoms with Crippen LogP contribution >= 0.6 is 0 Å². The zero-order valence-electron chi connectivity index (χ0n) is 15.7. The lowest BCUT2D eigenvalue weighted by molar-refractivity contribution is -0.117. The lowest BCUT2D eigenvalue weighted by Gasteiger charge is -2.36. The van der Waals surface area contributed by atoms with Gasteiger partial charge in [-0.15, -0.1) is 0 Å². The second kappa shape index (κ2) is 8.19. The molecular weight excluding hydrogens is 322 g/mol. The quantitative estimate of drug-likeness (QED) is 0.897. The first-order valence-electron chi connectivity index (χ1n) is 9.12. The van der Waals surface area contributed by atoms with Crippen LogP contribution in [0.2, 0.25) is 0 Å². The van der Waals surface area contributed by atoms with Crippen LogP contribution in [-0.2, 0) is 4.79 Å². The fourth-order valence-electron chi connectivity index (χ4n) is 3.38. The molecule has 26 heavy (non-hydrogen) atoms. The third-order valence-electron chi connectivity index (χ3n) is 4.97. The van der Waals surface area contributed by atoms with E-state index >= 15 is 0 Å². The Hall–Kier alpha value is -2.59. The van der Waals surface area contributed by atoms with Gasteiger partial charge in [-0.1, -0.05) is 55.1 Å². The van der Waals surface area contributed by atoms with Crippen molar-refractivity contribution in [3.63, 3.8) is 0 Å². The summed E-state index contributed by atoms with van der Waals surface area (Å²) < 4.78 is 0. The third kappa shape index (κ3) is 4.33. The number of amides is 1. The van der Waals surface area contributed by atoms with Gasteiger partial charge in [0.05, 0.1) is 6.54 Å². The van der Waals surface area contributed by atoms with E-state index in [2.05, 4.69) is 33.8 Å². The summed E-state index contributed by atoms with van der Waals surface area (Å²) >= 11 is 0. The van der Waals surface area contributed by atoms with Gasteiger partial charge < -0.3 is 10.2 Å². The van der Waals surface area contributed by atoms with E-state index < -0.39 is 0 Å². The monoisotopic (exact) mass is 349 g/mol. The molecule has 4 nitrogen and oxygen atoms in total. The number of benzene rings is 2. The van der Waals surface area contributed by atoms with Crippen molar-refractivity contribution in [3.8, 4) is 0 Å². The summed E-state index contributed by atoms with van der Waals surface area (Å²) in [6.07, 6.45) is 0. The summed E-state index contributed by atoms with van der Waals surface area (Å²) in [5.74, 6) is 0.0535. The predicted molar refractivity (Wildman–Crippen MR) is 108 cm³/mol. The average molecular weight is 349 g/mol. The van der Waals surface area contributed by atoms with Gasteiger partial charge in [0.25, 0.3) is 0 Å². The van der Waals surface area contributed by atoms with Gasteiger partial charge in [0.15, 0.2) is 0 Å². The van der Waals surface area contributed by atoms with Crippen molar-refractivity contribution in [3.05, 3.63) is 71.8 Å². The van der Waals surface area contributed by atoms with Gasteiger partial charge in [-0.2, -0.15) is 0 Å². The number of rotatable bonds is 5. The highest BCUT2D eigenvalue weighted by Gasteiger charge is 2.20. The van der Waals surface area contributed by atoms with Crippen molar-refractivity contribution in [2.24, 2.45) is 0 Å². The molecular formula is C22H27N3O. The van der Waals surface area contributed by atoms with Crippen molar-refractivity contribution in [1.29, 1.82) is 0 Å². The van der Waals surface area contributed by atoms with E-state index in [1.165, 1.54) is 0 Å². The van der Waals surface area contributed by atoms with Gasteiger partial charge in [0.2, 0.25) is 5.91 Å². The second-order valence-corrected chi connectivity index (χ2v) is 6.89. The Labute approximate surface area is 156 Å². The van der Waals surface area contributed by atoms with Crippen LogP contribution in [0, 0.1) is 13.8 Å². The molecule has 1 amide bonds. The van der Waals surface area contributed by atoms with Crippen molar-refractivity contribution in [2.75, 3.05) is 38.0 Å². The summed E-state index contributed by atoms with van der Waals surface area (Å²) in [7, 11) is 0. The molecule has 1 saturated heterocycles. The number of piperazine rings is 1. The van der Waals surface area contributed by atoms with E-state index in [0.717, 1.165) is 54.3 Å². The maximum absolute atomic E-state index is 12.4. The molecule has 2 aromatic carbocycles. The Morgan fingerprint density at radius 2 is 1.58 bits per heavy atom. The van der Waals surface area contributed by atoms with Gasteiger partial charge in [-0.05, 0) is 30.5 Å². The number of para-hydroxylation sites is 1. The lowest BCUT2D eigenvalue weighted by atomic mass is 10.1. The Morgan fingerprint density at radius 3 is 2.19 bits per heavy atom. The van der Waals surface area contributed by atoms with E-state index in [9.17, 15) is 4.79 Å². The molecule has 2 aromatic rings. The summed E-state index contributed by atoms with van der Waals surface area (Å²) in [5, 5.41) is 3.07. The molecule has 0 saturated carbocycles. The molecule has 0 bridgehead atoms. The van der Waals surface area contributed by atoms with Crippen LogP contribution in [-0.4, -0.2) is 48.4 Å². The molecule has 0 aromatic heterocycles. The summed E-state index contributed by atoms with van der Waals surface area (Å²) in [6.45, 7) is 12.2. The maximum Gasteiger partial charge on any atom is 0.238 e. The minimum atomic E-state index is 0.0535. The molecule has 3 rings (SSSR count). The van der Waals surface area contributed by atoms with E-state index in [-0.39, 0.29) is 5.91 Å². The molecule has 0 radical (unpaired) electrons. The third-order valence-corrected chi connectivity index (χ3v) is 4.97. The van der Waals surface area contributed by atoms with Crippen molar-refractivity contribution in [2.45, 2.75) is 13.8 Å². The van der Waals surface area contributed by atoms with E-state index in [1.54, 1.807) is 0 Å². The first-order chi connectivity index (χ1) is 12.5. The molecule has 1 aliphatic heterocycles. The molecule has 0 atom stereocenters. The van der Waals surface area contributed by atoms with Crippen LogP contribution in [0.5, 0.6) is 0 Å². The van der Waals surface area contributed by atoms with Gasteiger partial charge in [0.1, 0.15) is 0 Å². The van der Waals surface area contributed by atoms with Crippen molar-refractivity contribution >= 4 is 17.3 Å². The molecule has 4 heteroatoms. The Bertz CT molecular complexity index is 757. The highest BCUT2D eigenvalue weighted by atomic mass is 16.2. The maximum atomic E-state index is 12.4. The number of carbonyl (C=O) groups excluding carboxylic acids is 1. The normalized spacial score (nSPS) is 14.9. The Morgan fingerprint density at radius 1 is 0.962 bits per heavy atom. The SMILES string of the molecule is C=C(c1ccccc1)N1CCN(CC(=O)Nc2c(C)cccc2C)CC1. The number of carbonyl (C=O) groups is 1. The van der Waals surface area contributed by atoms with Crippen LogP contribution < -0.4 is 5.32 Å². The Kier molecular flexibility index (Phi) is 5.74. The molecule has 0 spiro atoms. The first-order valence-corrected chi connectivity index (χ1v) is 9.12. The zero-order valence-corrected chi connectivity index (χ0v) is 15.7. The van der Waals surface area contributed by atoms with E-state index in [0.29, 0.717) is 6.54 Å². The largest absolute Gasteiger partial charge is 0.369 e. The predicted octanol–water partition coefficient (Wildman–Crippen LogP) is 3.53. The Balaban J connectivity index is 1.51. The number of hydrogen-bond acceptors (Lipinski definition) is 3. The van der Waals surface area contributed by atoms with Crippen LogP contribution in [0.15, 0.2) is 55.1 Å². The van der Waals surface area contributed by atoms with Gasteiger partial charge in [0, 0.05) is 37.6 Å². The average Bonchev–Trinajstić information content (AvgIpc) is 2.66. The van der Waals surface area contributed by atoms with Crippen LogP contribution in [0.3, 0.4) is 0 Å².